The number of rotatable bonds is 1. The number of aromatic amines is 1. The van der Waals surface area contributed by atoms with Crippen LogP contribution in [0.15, 0.2) is 12.3 Å². The van der Waals surface area contributed by atoms with Crippen LogP contribution in [0.1, 0.15) is 25.5 Å². The molecule has 1 aliphatic heterocycles. The van der Waals surface area contributed by atoms with Crippen molar-refractivity contribution in [2.45, 2.75) is 25.2 Å². The molecular formula is C10H17N3. The largest absolute Gasteiger partial charge is 0.306 e. The summed E-state index contributed by atoms with van der Waals surface area (Å²) in [6, 6.07) is 2.10. The zero-order chi connectivity index (χ0) is 9.31. The summed E-state index contributed by atoms with van der Waals surface area (Å²) >= 11 is 0. The van der Waals surface area contributed by atoms with Gasteiger partial charge in [-0.05, 0) is 39.0 Å². The predicted molar refractivity (Wildman–Crippen MR) is 52.7 cm³/mol. The molecular weight excluding hydrogens is 162 g/mol. The van der Waals surface area contributed by atoms with Gasteiger partial charge in [0.2, 0.25) is 0 Å². The van der Waals surface area contributed by atoms with E-state index in [1.54, 1.807) is 0 Å². The van der Waals surface area contributed by atoms with Gasteiger partial charge in [-0.1, -0.05) is 6.92 Å². The van der Waals surface area contributed by atoms with Crippen LogP contribution in [0.25, 0.3) is 0 Å². The number of hydrogen-bond acceptors (Lipinski definition) is 2. The molecule has 1 saturated heterocycles. The lowest BCUT2D eigenvalue weighted by Gasteiger charge is -2.36. The molecule has 1 aliphatic rings. The summed E-state index contributed by atoms with van der Waals surface area (Å²) in [5, 5.41) is 7.19. The van der Waals surface area contributed by atoms with E-state index in [1.807, 2.05) is 6.20 Å². The third-order valence-corrected chi connectivity index (χ3v) is 3.21. The van der Waals surface area contributed by atoms with Crippen molar-refractivity contribution in [3.05, 3.63) is 18.0 Å². The lowest BCUT2D eigenvalue weighted by atomic mass is 9.78. The number of likely N-dealkylation sites (tertiary alicyclic amines) is 1. The van der Waals surface area contributed by atoms with Crippen molar-refractivity contribution in [3.63, 3.8) is 0 Å². The van der Waals surface area contributed by atoms with E-state index in [1.165, 1.54) is 31.6 Å². The number of hydrogen-bond donors (Lipinski definition) is 1. The zero-order valence-corrected chi connectivity index (χ0v) is 8.38. The van der Waals surface area contributed by atoms with Crippen molar-refractivity contribution < 1.29 is 0 Å². The first-order valence-electron chi connectivity index (χ1n) is 4.89. The molecule has 3 heteroatoms. The van der Waals surface area contributed by atoms with Gasteiger partial charge >= 0.3 is 0 Å². The van der Waals surface area contributed by atoms with Gasteiger partial charge in [0, 0.05) is 11.6 Å². The first-order chi connectivity index (χ1) is 6.21. The summed E-state index contributed by atoms with van der Waals surface area (Å²) < 4.78 is 0. The molecule has 72 valence electrons. The molecule has 3 nitrogen and oxygen atoms in total. The highest BCUT2D eigenvalue weighted by molar-refractivity contribution is 5.14. The lowest BCUT2D eigenvalue weighted by Crippen LogP contribution is -2.39. The van der Waals surface area contributed by atoms with Gasteiger partial charge in [0.1, 0.15) is 0 Å². The number of aromatic nitrogens is 2. The van der Waals surface area contributed by atoms with Crippen LogP contribution >= 0.6 is 0 Å². The van der Waals surface area contributed by atoms with Gasteiger partial charge in [-0.25, -0.2) is 0 Å². The predicted octanol–water partition coefficient (Wildman–Crippen LogP) is 1.39. The summed E-state index contributed by atoms with van der Waals surface area (Å²) in [4.78, 5) is 2.38. The quantitative estimate of drug-likeness (QED) is 0.706. The normalized spacial score (nSPS) is 23.2. The molecule has 1 fully saturated rings. The Labute approximate surface area is 79.1 Å². The number of nitrogens with one attached hydrogen (secondary N) is 1. The van der Waals surface area contributed by atoms with Crippen molar-refractivity contribution in [2.24, 2.45) is 0 Å². The molecule has 13 heavy (non-hydrogen) atoms. The molecule has 0 aromatic carbocycles. The molecule has 2 rings (SSSR count). The number of nitrogens with zero attached hydrogens (tertiary/aromatic N) is 2. The van der Waals surface area contributed by atoms with Crippen LogP contribution in [0, 0.1) is 0 Å². The van der Waals surface area contributed by atoms with Crippen molar-refractivity contribution in [2.75, 3.05) is 20.1 Å². The third-order valence-electron chi connectivity index (χ3n) is 3.21. The summed E-state index contributed by atoms with van der Waals surface area (Å²) in [5.74, 6) is 0. The van der Waals surface area contributed by atoms with Gasteiger partial charge in [-0.3, -0.25) is 5.10 Å². The second kappa shape index (κ2) is 3.14. The van der Waals surface area contributed by atoms with Crippen LogP contribution in [0.5, 0.6) is 0 Å². The molecule has 0 radical (unpaired) electrons. The SMILES string of the molecule is CN1CCC(C)(c2cc[nH]n2)CC1. The van der Waals surface area contributed by atoms with Gasteiger partial charge in [0.05, 0.1) is 5.69 Å². The number of H-pyrrole nitrogens is 1. The molecule has 0 saturated carbocycles. The van der Waals surface area contributed by atoms with Gasteiger partial charge in [0.25, 0.3) is 0 Å². The highest BCUT2D eigenvalue weighted by Crippen LogP contribution is 2.32. The minimum Gasteiger partial charge on any atom is -0.306 e. The van der Waals surface area contributed by atoms with E-state index < -0.39 is 0 Å². The summed E-state index contributed by atoms with van der Waals surface area (Å²) in [5.41, 5.74) is 1.52. The van der Waals surface area contributed by atoms with Gasteiger partial charge in [-0.2, -0.15) is 5.10 Å². The highest BCUT2D eigenvalue weighted by Gasteiger charge is 2.31. The van der Waals surface area contributed by atoms with Gasteiger partial charge < -0.3 is 4.90 Å². The average molecular weight is 179 g/mol. The Morgan fingerprint density at radius 1 is 1.46 bits per heavy atom. The molecule has 0 atom stereocenters. The van der Waals surface area contributed by atoms with E-state index in [0.29, 0.717) is 5.41 Å². The maximum atomic E-state index is 4.29. The highest BCUT2D eigenvalue weighted by atomic mass is 15.1. The van der Waals surface area contributed by atoms with E-state index in [-0.39, 0.29) is 0 Å². The molecule has 1 aromatic rings. The van der Waals surface area contributed by atoms with E-state index >= 15 is 0 Å². The first-order valence-corrected chi connectivity index (χ1v) is 4.89. The minimum atomic E-state index is 0.298. The maximum Gasteiger partial charge on any atom is 0.0681 e. The van der Waals surface area contributed by atoms with Crippen LogP contribution in [0.3, 0.4) is 0 Å². The topological polar surface area (TPSA) is 31.9 Å². The second-order valence-electron chi connectivity index (χ2n) is 4.32. The first kappa shape index (κ1) is 8.75. The summed E-state index contributed by atoms with van der Waals surface area (Å²) in [6.45, 7) is 4.68. The average Bonchev–Trinajstić information content (AvgIpc) is 2.63. The van der Waals surface area contributed by atoms with Crippen molar-refractivity contribution in [3.8, 4) is 0 Å². The molecule has 1 aromatic heterocycles. The van der Waals surface area contributed by atoms with Crippen LogP contribution < -0.4 is 0 Å². The maximum absolute atomic E-state index is 4.29. The zero-order valence-electron chi connectivity index (χ0n) is 8.38. The van der Waals surface area contributed by atoms with E-state index in [0.717, 1.165) is 0 Å². The van der Waals surface area contributed by atoms with E-state index in [4.69, 9.17) is 0 Å². The molecule has 0 spiro atoms. The Hall–Kier alpha value is -0.830. The van der Waals surface area contributed by atoms with Crippen molar-refractivity contribution >= 4 is 0 Å². The molecule has 0 amide bonds. The Bertz CT molecular complexity index is 258. The van der Waals surface area contributed by atoms with E-state index in [2.05, 4.69) is 35.1 Å². The lowest BCUT2D eigenvalue weighted by molar-refractivity contribution is 0.196. The fourth-order valence-corrected chi connectivity index (χ4v) is 1.96. The Kier molecular flexibility index (Phi) is 2.12. The number of piperidine rings is 1. The molecule has 2 heterocycles. The van der Waals surface area contributed by atoms with Crippen LogP contribution in [-0.2, 0) is 5.41 Å². The Balaban J connectivity index is 2.13. The standard InChI is InChI=1S/C10H17N3/c1-10(9-3-6-11-12-9)4-7-13(2)8-5-10/h3,6H,4-5,7-8H2,1-2H3,(H,11,12). The fourth-order valence-electron chi connectivity index (χ4n) is 1.96. The van der Waals surface area contributed by atoms with Crippen molar-refractivity contribution in [1.29, 1.82) is 0 Å². The smallest absolute Gasteiger partial charge is 0.0681 e. The van der Waals surface area contributed by atoms with Crippen LogP contribution in [-0.4, -0.2) is 35.2 Å². The second-order valence-corrected chi connectivity index (χ2v) is 4.32. The summed E-state index contributed by atoms with van der Waals surface area (Å²) in [7, 11) is 2.18. The van der Waals surface area contributed by atoms with Crippen LogP contribution in [0.4, 0.5) is 0 Å². The Morgan fingerprint density at radius 2 is 2.15 bits per heavy atom. The molecule has 0 aliphatic carbocycles. The monoisotopic (exact) mass is 179 g/mol. The molecule has 0 unspecified atom stereocenters. The fraction of sp³-hybridized carbons (Fsp3) is 0.700. The summed E-state index contributed by atoms with van der Waals surface area (Å²) in [6.07, 6.45) is 4.35. The minimum absolute atomic E-state index is 0.298. The van der Waals surface area contributed by atoms with Gasteiger partial charge in [-0.15, -0.1) is 0 Å². The van der Waals surface area contributed by atoms with Crippen molar-refractivity contribution in [1.82, 2.24) is 15.1 Å². The third kappa shape index (κ3) is 1.61. The van der Waals surface area contributed by atoms with Crippen LogP contribution in [0.2, 0.25) is 0 Å². The Morgan fingerprint density at radius 3 is 2.69 bits per heavy atom. The molecule has 0 bridgehead atoms. The molecule has 1 N–H and O–H groups in total. The van der Waals surface area contributed by atoms with E-state index in [9.17, 15) is 0 Å². The van der Waals surface area contributed by atoms with Gasteiger partial charge in [0.15, 0.2) is 0 Å².